The van der Waals surface area contributed by atoms with Crippen LogP contribution in [0.25, 0.3) is 0 Å². The number of carbonyl (C=O) groups is 1. The lowest BCUT2D eigenvalue weighted by Gasteiger charge is -2.80. The van der Waals surface area contributed by atoms with Crippen molar-refractivity contribution < 1.29 is 19.0 Å². The van der Waals surface area contributed by atoms with Gasteiger partial charge in [-0.25, -0.2) is 0 Å². The van der Waals surface area contributed by atoms with Crippen molar-refractivity contribution in [3.05, 3.63) is 23.3 Å². The quantitative estimate of drug-likeness (QED) is 0.794. The SMILES string of the molecule is COc1ccc2c3c1O[C@H]1[C@@H](OC)[C@@](C)(C=O)CC4[C@@]5(CCC5[C@@]341)C2. The van der Waals surface area contributed by atoms with E-state index in [2.05, 4.69) is 13.0 Å². The Hall–Kier alpha value is -1.55. The van der Waals surface area contributed by atoms with Gasteiger partial charge in [0.25, 0.3) is 0 Å². The highest BCUT2D eigenvalue weighted by Crippen LogP contribution is 2.85. The normalized spacial score (nSPS) is 49.9. The molecular weight excluding hydrogens is 316 g/mol. The summed E-state index contributed by atoms with van der Waals surface area (Å²) >= 11 is 0. The number of carbonyl (C=O) groups excluding carboxylic acids is 1. The van der Waals surface area contributed by atoms with Gasteiger partial charge in [0.1, 0.15) is 18.5 Å². The molecule has 7 atom stereocenters. The monoisotopic (exact) mass is 340 g/mol. The van der Waals surface area contributed by atoms with Gasteiger partial charge in [-0.05, 0) is 54.6 Å². The van der Waals surface area contributed by atoms with Crippen LogP contribution < -0.4 is 9.47 Å². The third kappa shape index (κ3) is 1.20. The third-order valence-electron chi connectivity index (χ3n) is 8.63. The van der Waals surface area contributed by atoms with Crippen molar-refractivity contribution in [2.24, 2.45) is 22.7 Å². The first-order chi connectivity index (χ1) is 12.1. The Bertz CT molecular complexity index is 818. The first-order valence-corrected chi connectivity index (χ1v) is 9.43. The summed E-state index contributed by atoms with van der Waals surface area (Å²) in [5, 5.41) is 0. The molecule has 1 aromatic carbocycles. The third-order valence-corrected chi connectivity index (χ3v) is 8.63. The molecule has 0 saturated heterocycles. The molecule has 4 aliphatic carbocycles. The van der Waals surface area contributed by atoms with Crippen molar-refractivity contribution in [3.63, 3.8) is 0 Å². The van der Waals surface area contributed by atoms with E-state index in [1.807, 2.05) is 6.07 Å². The summed E-state index contributed by atoms with van der Waals surface area (Å²) in [6.07, 6.45) is 5.47. The van der Waals surface area contributed by atoms with Crippen LogP contribution in [0.4, 0.5) is 0 Å². The van der Waals surface area contributed by atoms with E-state index in [0.29, 0.717) is 17.3 Å². The maximum atomic E-state index is 12.1. The van der Waals surface area contributed by atoms with Gasteiger partial charge < -0.3 is 19.0 Å². The van der Waals surface area contributed by atoms with E-state index in [1.54, 1.807) is 14.2 Å². The van der Waals surface area contributed by atoms with E-state index < -0.39 is 5.41 Å². The average molecular weight is 340 g/mol. The number of aldehydes is 1. The molecule has 132 valence electrons. The number of hydrogen-bond acceptors (Lipinski definition) is 4. The molecule has 1 heterocycles. The predicted molar refractivity (Wildman–Crippen MR) is 91.0 cm³/mol. The molecule has 4 nitrogen and oxygen atoms in total. The predicted octanol–water partition coefficient (Wildman–Crippen LogP) is 2.90. The zero-order valence-electron chi connectivity index (χ0n) is 15.0. The van der Waals surface area contributed by atoms with Gasteiger partial charge in [0.05, 0.1) is 12.5 Å². The van der Waals surface area contributed by atoms with Gasteiger partial charge in [-0.2, -0.15) is 0 Å². The van der Waals surface area contributed by atoms with Crippen LogP contribution in [-0.2, 0) is 21.4 Å². The Balaban J connectivity index is 1.64. The molecule has 0 aromatic heterocycles. The van der Waals surface area contributed by atoms with Crippen molar-refractivity contribution >= 4 is 6.29 Å². The highest BCUT2D eigenvalue weighted by molar-refractivity contribution is 5.69. The summed E-state index contributed by atoms with van der Waals surface area (Å²) < 4.78 is 18.2. The van der Waals surface area contributed by atoms with Crippen LogP contribution in [0.2, 0.25) is 0 Å². The fraction of sp³-hybridized carbons (Fsp3) is 0.667. The minimum Gasteiger partial charge on any atom is -0.493 e. The topological polar surface area (TPSA) is 44.8 Å². The summed E-state index contributed by atoms with van der Waals surface area (Å²) in [4.78, 5) is 12.1. The lowest BCUT2D eigenvalue weighted by Crippen LogP contribution is -2.83. The molecule has 2 unspecified atom stereocenters. The van der Waals surface area contributed by atoms with Gasteiger partial charge in [0.2, 0.25) is 0 Å². The van der Waals surface area contributed by atoms with Crippen LogP contribution in [0.5, 0.6) is 11.5 Å². The fourth-order valence-electron chi connectivity index (χ4n) is 7.81. The van der Waals surface area contributed by atoms with Gasteiger partial charge in [-0.3, -0.25) is 0 Å². The Morgan fingerprint density at radius 3 is 2.76 bits per heavy atom. The number of methoxy groups -OCH3 is 2. The Morgan fingerprint density at radius 2 is 2.12 bits per heavy atom. The molecule has 0 N–H and O–H groups in total. The molecule has 2 bridgehead atoms. The number of rotatable bonds is 3. The summed E-state index contributed by atoms with van der Waals surface area (Å²) in [7, 11) is 3.43. The Labute approximate surface area is 147 Å². The molecule has 0 radical (unpaired) electrons. The van der Waals surface area contributed by atoms with Crippen LogP contribution in [0.3, 0.4) is 0 Å². The van der Waals surface area contributed by atoms with Crippen molar-refractivity contribution in [2.75, 3.05) is 14.2 Å². The van der Waals surface area contributed by atoms with Crippen LogP contribution >= 0.6 is 0 Å². The second kappa shape index (κ2) is 4.06. The molecular formula is C21H24O4. The maximum absolute atomic E-state index is 12.1. The van der Waals surface area contributed by atoms with Crippen LogP contribution in [0, 0.1) is 22.7 Å². The van der Waals surface area contributed by atoms with Crippen molar-refractivity contribution in [3.8, 4) is 11.5 Å². The molecule has 4 heteroatoms. The van der Waals surface area contributed by atoms with Crippen LogP contribution in [0.15, 0.2) is 12.1 Å². The van der Waals surface area contributed by atoms with E-state index >= 15 is 0 Å². The van der Waals surface area contributed by atoms with E-state index in [0.717, 1.165) is 30.6 Å². The maximum Gasteiger partial charge on any atom is 0.165 e. The molecule has 6 rings (SSSR count). The zero-order valence-corrected chi connectivity index (χ0v) is 15.0. The van der Waals surface area contributed by atoms with E-state index in [9.17, 15) is 4.79 Å². The molecule has 25 heavy (non-hydrogen) atoms. The minimum absolute atomic E-state index is 0.0406. The zero-order chi connectivity index (χ0) is 17.2. The van der Waals surface area contributed by atoms with Gasteiger partial charge in [0.15, 0.2) is 11.5 Å². The summed E-state index contributed by atoms with van der Waals surface area (Å²) in [5.41, 5.74) is 2.79. The Kier molecular flexibility index (Phi) is 2.37. The standard InChI is InChI=1S/C21H24O4/c1-19(10-22)9-14-20-7-6-13(20)21(14)15-11(8-20)4-5-12(23-2)16(15)25-18(21)17(19)24-3/h4-5,10,13-14,17-18H,6-9H2,1-3H3/t13?,14?,17-,18+,19-,20+,21+/m1/s1. The van der Waals surface area contributed by atoms with Gasteiger partial charge >= 0.3 is 0 Å². The summed E-state index contributed by atoms with van der Waals surface area (Å²) in [6, 6.07) is 4.29. The summed E-state index contributed by atoms with van der Waals surface area (Å²) in [6.45, 7) is 2.06. The number of hydrogen-bond donors (Lipinski definition) is 0. The smallest absolute Gasteiger partial charge is 0.165 e. The van der Waals surface area contributed by atoms with Crippen molar-refractivity contribution in [1.29, 1.82) is 0 Å². The molecule has 5 aliphatic rings. The number of benzene rings is 1. The first kappa shape index (κ1) is 14.6. The second-order valence-electron chi connectivity index (χ2n) is 9.14. The number of ether oxygens (including phenoxy) is 3. The van der Waals surface area contributed by atoms with Gasteiger partial charge in [-0.15, -0.1) is 0 Å². The lowest BCUT2D eigenvalue weighted by molar-refractivity contribution is -0.302. The molecule has 0 amide bonds. The van der Waals surface area contributed by atoms with Crippen LogP contribution in [0.1, 0.15) is 37.3 Å². The van der Waals surface area contributed by atoms with E-state index in [1.165, 1.54) is 24.0 Å². The van der Waals surface area contributed by atoms with Crippen molar-refractivity contribution in [1.82, 2.24) is 0 Å². The second-order valence-corrected chi connectivity index (χ2v) is 9.14. The molecule has 1 aromatic rings. The van der Waals surface area contributed by atoms with Crippen molar-refractivity contribution in [2.45, 2.75) is 50.2 Å². The van der Waals surface area contributed by atoms with Gasteiger partial charge in [-0.1, -0.05) is 13.0 Å². The molecule has 2 spiro atoms. The molecule has 3 fully saturated rings. The lowest BCUT2D eigenvalue weighted by atomic mass is 9.22. The Morgan fingerprint density at radius 1 is 1.28 bits per heavy atom. The average Bonchev–Trinajstić information content (AvgIpc) is 2.95. The van der Waals surface area contributed by atoms with Gasteiger partial charge in [0, 0.05) is 18.1 Å². The molecule has 1 aliphatic heterocycles. The van der Waals surface area contributed by atoms with E-state index in [4.69, 9.17) is 14.2 Å². The highest BCUT2D eigenvalue weighted by atomic mass is 16.6. The summed E-state index contributed by atoms with van der Waals surface area (Å²) in [5.74, 6) is 2.96. The fourth-order valence-corrected chi connectivity index (χ4v) is 7.81. The van der Waals surface area contributed by atoms with Crippen LogP contribution in [-0.4, -0.2) is 32.7 Å². The first-order valence-electron chi connectivity index (χ1n) is 9.43. The van der Waals surface area contributed by atoms with E-state index in [-0.39, 0.29) is 17.6 Å². The minimum atomic E-state index is -0.478. The molecule has 3 saturated carbocycles. The largest absolute Gasteiger partial charge is 0.493 e. The highest BCUT2D eigenvalue weighted by Gasteiger charge is 2.85.